The summed E-state index contributed by atoms with van der Waals surface area (Å²) in [5, 5.41) is 0. The maximum atomic E-state index is 12.7. The lowest BCUT2D eigenvalue weighted by Crippen LogP contribution is -2.37. The topological polar surface area (TPSA) is 91.3 Å². The van der Waals surface area contributed by atoms with Gasteiger partial charge in [0.25, 0.3) is 0 Å². The third kappa shape index (κ3) is 46.6. The molecule has 0 aliphatic heterocycles. The van der Waals surface area contributed by atoms with Crippen LogP contribution in [0.15, 0.2) is 85.1 Å². The fourth-order valence-corrected chi connectivity index (χ4v) is 6.64. The van der Waals surface area contributed by atoms with Crippen LogP contribution in [0.1, 0.15) is 168 Å². The van der Waals surface area contributed by atoms with Crippen molar-refractivity contribution >= 4 is 13.8 Å². The second-order valence-corrected chi connectivity index (χ2v) is 17.9. The van der Waals surface area contributed by atoms with E-state index >= 15 is 0 Å². The number of hydrogen-bond acceptors (Lipinski definition) is 6. The van der Waals surface area contributed by atoms with E-state index in [1.54, 1.807) is 0 Å². The monoisotopic (exact) mass is 847 g/mol. The summed E-state index contributed by atoms with van der Waals surface area (Å²) in [4.78, 5) is 22.9. The van der Waals surface area contributed by atoms with Gasteiger partial charge in [-0.2, -0.15) is 0 Å². The average molecular weight is 847 g/mol. The molecule has 2 atom stereocenters. The zero-order chi connectivity index (χ0) is 43.4. The molecular weight excluding hydrogens is 758 g/mol. The molecule has 1 N–H and O–H groups in total. The van der Waals surface area contributed by atoms with E-state index in [1.165, 1.54) is 77.0 Å². The minimum Gasteiger partial charge on any atom is -0.457 e. The third-order valence-corrected chi connectivity index (χ3v) is 10.5. The minimum absolute atomic E-state index is 0.0744. The Morgan fingerprint density at radius 1 is 0.542 bits per heavy atom. The van der Waals surface area contributed by atoms with Crippen LogP contribution in [0.4, 0.5) is 0 Å². The molecule has 0 saturated carbocycles. The number of hydrogen-bond donors (Lipinski definition) is 1. The molecule has 59 heavy (non-hydrogen) atoms. The molecule has 0 aliphatic carbocycles. The first-order chi connectivity index (χ1) is 28.6. The van der Waals surface area contributed by atoms with Crippen LogP contribution in [0, 0.1) is 0 Å². The van der Waals surface area contributed by atoms with Crippen LogP contribution < -0.4 is 0 Å². The van der Waals surface area contributed by atoms with E-state index in [1.807, 2.05) is 21.1 Å². The van der Waals surface area contributed by atoms with Crippen LogP contribution in [0.2, 0.25) is 0 Å². The Bertz CT molecular complexity index is 1210. The van der Waals surface area contributed by atoms with Gasteiger partial charge in [-0.15, -0.1) is 0 Å². The molecule has 340 valence electrons. The van der Waals surface area contributed by atoms with Crippen LogP contribution in [-0.4, -0.2) is 75.6 Å². The lowest BCUT2D eigenvalue weighted by Gasteiger charge is -2.24. The maximum Gasteiger partial charge on any atom is 0.472 e. The molecule has 0 aliphatic rings. The Balaban J connectivity index is 4.33. The van der Waals surface area contributed by atoms with Crippen LogP contribution >= 0.6 is 7.82 Å². The molecular formula is C50H89NO7P+. The van der Waals surface area contributed by atoms with E-state index in [0.29, 0.717) is 24.1 Å². The number of nitrogens with zero attached hydrogens (tertiary/aromatic N) is 1. The maximum absolute atomic E-state index is 12.7. The number of allylic oxidation sites excluding steroid dienone is 14. The molecule has 0 fully saturated rings. The van der Waals surface area contributed by atoms with E-state index in [4.69, 9.17) is 18.5 Å². The fraction of sp³-hybridized carbons (Fsp3) is 0.700. The number of ether oxygens (including phenoxy) is 2. The van der Waals surface area contributed by atoms with E-state index in [2.05, 4.69) is 98.9 Å². The summed E-state index contributed by atoms with van der Waals surface area (Å²) < 4.78 is 35.0. The highest BCUT2D eigenvalue weighted by atomic mass is 31.2. The number of phosphoric acid groups is 1. The van der Waals surface area contributed by atoms with Crippen molar-refractivity contribution in [2.24, 2.45) is 0 Å². The van der Waals surface area contributed by atoms with Crippen molar-refractivity contribution in [1.29, 1.82) is 0 Å². The highest BCUT2D eigenvalue weighted by Crippen LogP contribution is 2.43. The summed E-state index contributed by atoms with van der Waals surface area (Å²) in [7, 11) is 1.62. The summed E-state index contributed by atoms with van der Waals surface area (Å²) in [6.45, 7) is 5.42. The first-order valence-corrected chi connectivity index (χ1v) is 24.8. The zero-order valence-corrected chi connectivity index (χ0v) is 39.4. The number of unbranched alkanes of at least 4 members (excludes halogenated alkanes) is 14. The Labute approximate surface area is 363 Å². The van der Waals surface area contributed by atoms with Gasteiger partial charge >= 0.3 is 13.8 Å². The largest absolute Gasteiger partial charge is 0.472 e. The lowest BCUT2D eigenvalue weighted by molar-refractivity contribution is -0.870. The molecule has 0 heterocycles. The van der Waals surface area contributed by atoms with Gasteiger partial charge in [-0.05, 0) is 64.2 Å². The lowest BCUT2D eigenvalue weighted by atomic mass is 10.0. The highest BCUT2D eigenvalue weighted by molar-refractivity contribution is 7.47. The Hall–Kier alpha value is -2.32. The molecule has 0 bridgehead atoms. The number of likely N-dealkylation sites (N-methyl/N-ethyl adjacent to an activating group) is 1. The fourth-order valence-electron chi connectivity index (χ4n) is 5.89. The minimum atomic E-state index is -4.30. The van der Waals surface area contributed by atoms with Crippen molar-refractivity contribution in [2.75, 3.05) is 54.1 Å². The van der Waals surface area contributed by atoms with Crippen LogP contribution in [0.25, 0.3) is 0 Å². The van der Waals surface area contributed by atoms with Crippen molar-refractivity contribution in [3.8, 4) is 0 Å². The van der Waals surface area contributed by atoms with Crippen molar-refractivity contribution in [3.05, 3.63) is 85.1 Å². The number of phosphoric ester groups is 1. The second kappa shape index (κ2) is 42.4. The molecule has 0 aromatic rings. The summed E-state index contributed by atoms with van der Waals surface area (Å²) >= 11 is 0. The molecule has 0 rings (SSSR count). The second-order valence-electron chi connectivity index (χ2n) is 16.4. The molecule has 0 aromatic carbocycles. The van der Waals surface area contributed by atoms with Gasteiger partial charge in [0, 0.05) is 13.0 Å². The van der Waals surface area contributed by atoms with Crippen LogP contribution in [-0.2, 0) is 27.9 Å². The molecule has 0 saturated heterocycles. The number of carbonyl (C=O) groups excluding carboxylic acids is 1. The van der Waals surface area contributed by atoms with E-state index in [9.17, 15) is 14.3 Å². The Morgan fingerprint density at radius 3 is 1.41 bits per heavy atom. The molecule has 0 aromatic heterocycles. The summed E-state index contributed by atoms with van der Waals surface area (Å²) in [5.41, 5.74) is 0. The molecule has 0 amide bonds. The quantitative estimate of drug-likeness (QED) is 0.0215. The smallest absolute Gasteiger partial charge is 0.457 e. The molecule has 2 unspecified atom stereocenters. The number of rotatable bonds is 42. The van der Waals surface area contributed by atoms with Gasteiger partial charge in [0.1, 0.15) is 19.3 Å². The first-order valence-electron chi connectivity index (χ1n) is 23.3. The van der Waals surface area contributed by atoms with Gasteiger partial charge in [0.05, 0.1) is 34.4 Å². The molecule has 0 radical (unpaired) electrons. The Kier molecular flexibility index (Phi) is 40.7. The third-order valence-electron chi connectivity index (χ3n) is 9.47. The number of carbonyl (C=O) groups is 1. The van der Waals surface area contributed by atoms with Crippen LogP contribution in [0.5, 0.6) is 0 Å². The van der Waals surface area contributed by atoms with E-state index < -0.39 is 13.9 Å². The van der Waals surface area contributed by atoms with Crippen LogP contribution in [0.3, 0.4) is 0 Å². The van der Waals surface area contributed by atoms with Gasteiger partial charge < -0.3 is 18.9 Å². The van der Waals surface area contributed by atoms with Gasteiger partial charge in [-0.25, -0.2) is 4.57 Å². The van der Waals surface area contributed by atoms with Crippen molar-refractivity contribution < 1.29 is 37.3 Å². The highest BCUT2D eigenvalue weighted by Gasteiger charge is 2.26. The van der Waals surface area contributed by atoms with Gasteiger partial charge in [0.15, 0.2) is 0 Å². The summed E-state index contributed by atoms with van der Waals surface area (Å²) in [5.74, 6) is -0.372. The number of quaternary nitrogens is 1. The van der Waals surface area contributed by atoms with Crippen molar-refractivity contribution in [2.45, 2.75) is 174 Å². The van der Waals surface area contributed by atoms with Crippen molar-refractivity contribution in [1.82, 2.24) is 0 Å². The predicted molar refractivity (Wildman–Crippen MR) is 251 cm³/mol. The van der Waals surface area contributed by atoms with Gasteiger partial charge in [-0.3, -0.25) is 13.8 Å². The Morgan fingerprint density at radius 2 is 0.966 bits per heavy atom. The van der Waals surface area contributed by atoms with Crippen molar-refractivity contribution in [3.63, 3.8) is 0 Å². The normalized spacial score (nSPS) is 14.5. The average Bonchev–Trinajstić information content (AvgIpc) is 3.19. The zero-order valence-electron chi connectivity index (χ0n) is 38.5. The molecule has 9 heteroatoms. The summed E-state index contributed by atoms with van der Waals surface area (Å²) in [6.07, 6.45) is 56.3. The number of esters is 1. The molecule has 0 spiro atoms. The van der Waals surface area contributed by atoms with E-state index in [-0.39, 0.29) is 32.2 Å². The van der Waals surface area contributed by atoms with Gasteiger partial charge in [-0.1, -0.05) is 182 Å². The van der Waals surface area contributed by atoms with Gasteiger partial charge in [0.2, 0.25) is 0 Å². The summed E-state index contributed by atoms with van der Waals surface area (Å²) in [6, 6.07) is 0. The van der Waals surface area contributed by atoms with E-state index in [0.717, 1.165) is 64.2 Å². The SMILES string of the molecule is CC/C=C\C/C=C\C/C=C\C/C=C\C/C=C\C/C=C\C/C=C\CCCC(=O)OC(COCCCCCCCCCCCCCCCC)COP(=O)(O)OCC[N+](C)(C)C. The molecule has 8 nitrogen and oxygen atoms in total. The first kappa shape index (κ1) is 56.7. The predicted octanol–water partition coefficient (Wildman–Crippen LogP) is 14.1. The standard InChI is InChI=1S/C50H88NO7P/c1-6-8-10-12-14-16-18-20-22-23-24-25-26-27-28-29-30-31-33-35-37-39-41-43-50(52)58-49(48-57-59(53,54)56-46-44-51(3,4)5)47-55-45-42-40-38-36-34-32-21-19-17-15-13-11-9-7-2/h8,10,14,16,20,22,24-25,27-28,30-31,35,37,49H,6-7,9,11-13,15,17-19,21,23,26,29,32-34,36,38-48H2,1-5H3/p+1/b10-8-,16-14-,22-20-,25-24-,28-27-,31-30-,37-35-.